The Morgan fingerprint density at radius 2 is 1.93 bits per heavy atom. The smallest absolute Gasteiger partial charge is 0.186 e. The Morgan fingerprint density at radius 1 is 1.21 bits per heavy atom. The van der Waals surface area contributed by atoms with Gasteiger partial charge < -0.3 is 0 Å². The summed E-state index contributed by atoms with van der Waals surface area (Å²) in [7, 11) is 1.91. The zero-order chi connectivity index (χ0) is 9.97. The van der Waals surface area contributed by atoms with Crippen molar-refractivity contribution < 1.29 is 0 Å². The average molecular weight is 205 g/mol. The van der Waals surface area contributed by atoms with Crippen LogP contribution in [0.1, 0.15) is 0 Å². The van der Waals surface area contributed by atoms with Crippen molar-refractivity contribution in [3.8, 4) is 11.4 Å². The molecule has 0 saturated heterocycles. The number of hydrogen-bond acceptors (Lipinski definition) is 3. The molecule has 0 saturated carbocycles. The van der Waals surface area contributed by atoms with Crippen LogP contribution in [0.25, 0.3) is 11.4 Å². The van der Waals surface area contributed by atoms with Gasteiger partial charge in [0.2, 0.25) is 0 Å². The lowest BCUT2D eigenvalue weighted by Crippen LogP contribution is -1.91. The molecule has 1 aromatic carbocycles. The number of hydrogen-bond donors (Lipinski definition) is 0. The third-order valence-electron chi connectivity index (χ3n) is 1.94. The topological polar surface area (TPSA) is 30.7 Å². The molecule has 0 unspecified atom stereocenters. The van der Waals surface area contributed by atoms with Crippen LogP contribution in [-0.4, -0.2) is 21.0 Å². The molecule has 0 bridgehead atoms. The maximum absolute atomic E-state index is 4.41. The number of nitrogens with zero attached hydrogens (tertiary/aromatic N) is 3. The number of aryl methyl sites for hydroxylation is 1. The van der Waals surface area contributed by atoms with Crippen molar-refractivity contribution in [2.45, 2.75) is 5.16 Å². The van der Waals surface area contributed by atoms with E-state index in [9.17, 15) is 0 Å². The number of thioether (sulfide) groups is 1. The van der Waals surface area contributed by atoms with Crippen LogP contribution in [0.15, 0.2) is 35.5 Å². The van der Waals surface area contributed by atoms with Gasteiger partial charge in [0.15, 0.2) is 11.0 Å². The Hall–Kier alpha value is -1.29. The minimum Gasteiger partial charge on any atom is -0.243 e. The monoisotopic (exact) mass is 205 g/mol. The number of aromatic nitrogens is 3. The molecule has 72 valence electrons. The second kappa shape index (κ2) is 3.84. The predicted octanol–water partition coefficient (Wildman–Crippen LogP) is 2.20. The summed E-state index contributed by atoms with van der Waals surface area (Å²) in [6.07, 6.45) is 2.00. The van der Waals surface area contributed by atoms with E-state index in [4.69, 9.17) is 0 Å². The van der Waals surface area contributed by atoms with E-state index >= 15 is 0 Å². The van der Waals surface area contributed by atoms with Crippen molar-refractivity contribution in [1.82, 2.24) is 14.8 Å². The van der Waals surface area contributed by atoms with E-state index in [0.717, 1.165) is 16.5 Å². The van der Waals surface area contributed by atoms with Crippen LogP contribution in [0, 0.1) is 0 Å². The van der Waals surface area contributed by atoms with Crippen LogP contribution in [0.2, 0.25) is 0 Å². The molecule has 2 rings (SSSR count). The van der Waals surface area contributed by atoms with E-state index in [1.807, 2.05) is 43.6 Å². The first kappa shape index (κ1) is 9.27. The molecule has 0 aliphatic heterocycles. The summed E-state index contributed by atoms with van der Waals surface area (Å²) in [4.78, 5) is 4.41. The molecule has 0 radical (unpaired) electrons. The highest BCUT2D eigenvalue weighted by atomic mass is 32.2. The zero-order valence-electron chi connectivity index (χ0n) is 8.14. The summed E-state index contributed by atoms with van der Waals surface area (Å²) >= 11 is 1.60. The number of benzene rings is 1. The summed E-state index contributed by atoms with van der Waals surface area (Å²) in [6.45, 7) is 0. The van der Waals surface area contributed by atoms with Crippen molar-refractivity contribution in [3.05, 3.63) is 30.3 Å². The molecule has 1 aromatic heterocycles. The Labute approximate surface area is 87.2 Å². The summed E-state index contributed by atoms with van der Waals surface area (Å²) in [5.41, 5.74) is 1.06. The van der Waals surface area contributed by atoms with Crippen LogP contribution in [0.5, 0.6) is 0 Å². The quantitative estimate of drug-likeness (QED) is 0.704. The first-order valence-corrected chi connectivity index (χ1v) is 5.54. The van der Waals surface area contributed by atoms with E-state index in [1.165, 1.54) is 0 Å². The number of rotatable bonds is 2. The van der Waals surface area contributed by atoms with Crippen LogP contribution in [-0.2, 0) is 7.05 Å². The van der Waals surface area contributed by atoms with Gasteiger partial charge in [-0.3, -0.25) is 0 Å². The fourth-order valence-corrected chi connectivity index (χ4v) is 1.74. The van der Waals surface area contributed by atoms with Gasteiger partial charge in [0.05, 0.1) is 0 Å². The van der Waals surface area contributed by atoms with Gasteiger partial charge >= 0.3 is 0 Å². The molecule has 3 nitrogen and oxygen atoms in total. The minimum absolute atomic E-state index is 0.789. The van der Waals surface area contributed by atoms with Crippen molar-refractivity contribution in [2.75, 3.05) is 6.26 Å². The highest BCUT2D eigenvalue weighted by Crippen LogP contribution is 2.18. The highest BCUT2D eigenvalue weighted by molar-refractivity contribution is 7.98. The lowest BCUT2D eigenvalue weighted by atomic mass is 10.2. The molecule has 0 aliphatic carbocycles. The first-order valence-electron chi connectivity index (χ1n) is 4.31. The van der Waals surface area contributed by atoms with Crippen molar-refractivity contribution >= 4 is 11.8 Å². The van der Waals surface area contributed by atoms with Crippen LogP contribution >= 0.6 is 11.8 Å². The fourth-order valence-electron chi connectivity index (χ4n) is 1.26. The van der Waals surface area contributed by atoms with Gasteiger partial charge in [-0.25, -0.2) is 9.67 Å². The maximum Gasteiger partial charge on any atom is 0.186 e. The van der Waals surface area contributed by atoms with Crippen LogP contribution in [0.3, 0.4) is 0 Å². The summed E-state index contributed by atoms with van der Waals surface area (Å²) < 4.78 is 1.80. The Morgan fingerprint density at radius 3 is 2.50 bits per heavy atom. The third-order valence-corrected chi connectivity index (χ3v) is 2.66. The second-order valence-electron chi connectivity index (χ2n) is 2.91. The van der Waals surface area contributed by atoms with Gasteiger partial charge in [-0.15, -0.1) is 0 Å². The van der Waals surface area contributed by atoms with Gasteiger partial charge in [0.1, 0.15) is 0 Å². The molecule has 2 aromatic rings. The van der Waals surface area contributed by atoms with Crippen molar-refractivity contribution in [1.29, 1.82) is 0 Å². The van der Waals surface area contributed by atoms with E-state index < -0.39 is 0 Å². The van der Waals surface area contributed by atoms with Gasteiger partial charge in [-0.05, 0) is 6.26 Å². The SMILES string of the molecule is CSc1nc(-c2ccccc2)nn1C. The van der Waals surface area contributed by atoms with Gasteiger partial charge in [-0.1, -0.05) is 42.1 Å². The molecule has 0 N–H and O–H groups in total. The predicted molar refractivity (Wildman–Crippen MR) is 58.2 cm³/mol. The van der Waals surface area contributed by atoms with Crippen molar-refractivity contribution in [3.63, 3.8) is 0 Å². The third kappa shape index (κ3) is 1.65. The van der Waals surface area contributed by atoms with Crippen LogP contribution < -0.4 is 0 Å². The molecule has 0 aliphatic rings. The molecule has 0 fully saturated rings. The zero-order valence-corrected chi connectivity index (χ0v) is 8.95. The largest absolute Gasteiger partial charge is 0.243 e. The van der Waals surface area contributed by atoms with E-state index in [2.05, 4.69) is 10.1 Å². The molecule has 1 heterocycles. The molecule has 0 amide bonds. The van der Waals surface area contributed by atoms with Crippen molar-refractivity contribution in [2.24, 2.45) is 7.05 Å². The standard InChI is InChI=1S/C10H11N3S/c1-13-10(14-2)11-9(12-13)8-6-4-3-5-7-8/h3-7H,1-2H3. The molecule has 14 heavy (non-hydrogen) atoms. The molecule has 0 atom stereocenters. The lowest BCUT2D eigenvalue weighted by Gasteiger charge is -1.91. The van der Waals surface area contributed by atoms with E-state index in [0.29, 0.717) is 0 Å². The summed E-state index contributed by atoms with van der Waals surface area (Å²) in [5.74, 6) is 0.789. The molecular formula is C10H11N3S. The lowest BCUT2D eigenvalue weighted by molar-refractivity contribution is 0.687. The van der Waals surface area contributed by atoms with Crippen LogP contribution in [0.4, 0.5) is 0 Å². The van der Waals surface area contributed by atoms with Gasteiger partial charge in [0.25, 0.3) is 0 Å². The Bertz CT molecular complexity index is 422. The second-order valence-corrected chi connectivity index (χ2v) is 3.69. The summed E-state index contributed by atoms with van der Waals surface area (Å²) in [6, 6.07) is 10.00. The average Bonchev–Trinajstić information content (AvgIpc) is 2.61. The molecule has 0 spiro atoms. The highest BCUT2D eigenvalue weighted by Gasteiger charge is 2.06. The molecule has 4 heteroatoms. The normalized spacial score (nSPS) is 10.4. The summed E-state index contributed by atoms with van der Waals surface area (Å²) in [5, 5.41) is 5.27. The van der Waals surface area contributed by atoms with Gasteiger partial charge in [0, 0.05) is 12.6 Å². The Kier molecular flexibility index (Phi) is 2.54. The van der Waals surface area contributed by atoms with E-state index in [1.54, 1.807) is 16.4 Å². The Balaban J connectivity index is 2.43. The first-order chi connectivity index (χ1) is 6.81. The maximum atomic E-state index is 4.41. The molecular weight excluding hydrogens is 194 g/mol. The fraction of sp³-hybridized carbons (Fsp3) is 0.200. The minimum atomic E-state index is 0.789. The van der Waals surface area contributed by atoms with E-state index in [-0.39, 0.29) is 0 Å². The van der Waals surface area contributed by atoms with Gasteiger partial charge in [-0.2, -0.15) is 5.10 Å².